The molecule has 3 aromatic rings. The second kappa shape index (κ2) is 8.79. The van der Waals surface area contributed by atoms with E-state index < -0.39 is 27.4 Å². The first-order valence-electron chi connectivity index (χ1n) is 8.71. The minimum absolute atomic E-state index is 0.175. The monoisotopic (exact) mass is 436 g/mol. The predicted octanol–water partition coefficient (Wildman–Crippen LogP) is 4.12. The van der Waals surface area contributed by atoms with Crippen LogP contribution in [0.2, 0.25) is 0 Å². The van der Waals surface area contributed by atoms with E-state index in [0.29, 0.717) is 15.6 Å². The van der Waals surface area contributed by atoms with Crippen LogP contribution >= 0.6 is 11.3 Å². The zero-order chi connectivity index (χ0) is 21.0. The Labute approximate surface area is 171 Å². The number of carbonyl (C=O) groups is 1. The van der Waals surface area contributed by atoms with E-state index in [9.17, 15) is 22.0 Å². The predicted molar refractivity (Wildman–Crippen MR) is 108 cm³/mol. The molecule has 1 heterocycles. The van der Waals surface area contributed by atoms with Crippen molar-refractivity contribution in [3.05, 3.63) is 76.3 Å². The molecule has 1 amide bonds. The number of benzene rings is 2. The first-order valence-corrected chi connectivity index (χ1v) is 11.2. The van der Waals surface area contributed by atoms with Crippen LogP contribution in [0.4, 0.5) is 13.9 Å². The summed E-state index contributed by atoms with van der Waals surface area (Å²) in [5, 5.41) is 2.85. The van der Waals surface area contributed by atoms with Crippen molar-refractivity contribution in [1.82, 2.24) is 4.98 Å². The van der Waals surface area contributed by atoms with Crippen molar-refractivity contribution in [3.8, 4) is 0 Å². The molecular formula is C20H18F2N2O3S2. The third-order valence-corrected chi connectivity index (χ3v) is 6.80. The Morgan fingerprint density at radius 1 is 1.14 bits per heavy atom. The van der Waals surface area contributed by atoms with Gasteiger partial charge in [0.1, 0.15) is 11.6 Å². The number of aromatic nitrogens is 1. The second-order valence-corrected chi connectivity index (χ2v) is 9.70. The Bertz CT molecular complexity index is 1130. The molecule has 0 fully saturated rings. The van der Waals surface area contributed by atoms with E-state index in [4.69, 9.17) is 0 Å². The molecule has 0 saturated heterocycles. The number of carbonyl (C=O) groups excluding carboxylic acids is 1. The summed E-state index contributed by atoms with van der Waals surface area (Å²) >= 11 is 1.15. The zero-order valence-electron chi connectivity index (χ0n) is 15.5. The van der Waals surface area contributed by atoms with Crippen molar-refractivity contribution in [2.75, 3.05) is 11.1 Å². The normalized spacial score (nSPS) is 11.4. The second-order valence-electron chi connectivity index (χ2n) is 6.47. The molecule has 5 nitrogen and oxygen atoms in total. The Kier molecular flexibility index (Phi) is 6.39. The number of anilines is 1. The summed E-state index contributed by atoms with van der Waals surface area (Å²) < 4.78 is 51.3. The first-order chi connectivity index (χ1) is 13.7. The van der Waals surface area contributed by atoms with Crippen molar-refractivity contribution < 1.29 is 22.0 Å². The lowest BCUT2D eigenvalue weighted by molar-refractivity contribution is -0.115. The SMILES string of the molecule is Cc1ccc(S(=O)(=O)CCC(=O)Nc2ncc(Cc3ccc(F)cc3F)s2)cc1. The lowest BCUT2D eigenvalue weighted by Crippen LogP contribution is -2.17. The van der Waals surface area contributed by atoms with E-state index in [0.717, 1.165) is 23.0 Å². The molecule has 0 atom stereocenters. The molecule has 152 valence electrons. The van der Waals surface area contributed by atoms with Crippen molar-refractivity contribution in [1.29, 1.82) is 0 Å². The van der Waals surface area contributed by atoms with Gasteiger partial charge in [-0.15, -0.1) is 11.3 Å². The van der Waals surface area contributed by atoms with E-state index in [1.165, 1.54) is 30.5 Å². The summed E-state index contributed by atoms with van der Waals surface area (Å²) in [6.45, 7) is 1.86. The van der Waals surface area contributed by atoms with Crippen LogP contribution in [0, 0.1) is 18.6 Å². The maximum Gasteiger partial charge on any atom is 0.227 e. The number of aryl methyl sites for hydroxylation is 1. The molecule has 9 heteroatoms. The highest BCUT2D eigenvalue weighted by atomic mass is 32.2. The third-order valence-electron chi connectivity index (χ3n) is 4.16. The van der Waals surface area contributed by atoms with E-state index in [-0.39, 0.29) is 23.5 Å². The quantitative estimate of drug-likeness (QED) is 0.604. The summed E-state index contributed by atoms with van der Waals surface area (Å²) in [7, 11) is -3.56. The molecule has 0 spiro atoms. The highest BCUT2D eigenvalue weighted by Crippen LogP contribution is 2.23. The summed E-state index contributed by atoms with van der Waals surface area (Å²) in [5.41, 5.74) is 1.26. The average Bonchev–Trinajstić information content (AvgIpc) is 3.10. The van der Waals surface area contributed by atoms with E-state index in [1.54, 1.807) is 12.1 Å². The van der Waals surface area contributed by atoms with E-state index in [2.05, 4.69) is 10.3 Å². The number of sulfone groups is 1. The summed E-state index contributed by atoms with van der Waals surface area (Å²) in [4.78, 5) is 17.0. The van der Waals surface area contributed by atoms with Gasteiger partial charge in [-0.25, -0.2) is 22.2 Å². The number of hydrogen-bond acceptors (Lipinski definition) is 5. The molecule has 0 saturated carbocycles. The van der Waals surface area contributed by atoms with Crippen LogP contribution in [0.1, 0.15) is 22.4 Å². The van der Waals surface area contributed by atoms with Gasteiger partial charge in [0.25, 0.3) is 0 Å². The molecule has 0 bridgehead atoms. The Balaban J connectivity index is 1.56. The van der Waals surface area contributed by atoms with Crippen LogP contribution in [-0.4, -0.2) is 25.1 Å². The van der Waals surface area contributed by atoms with Crippen LogP contribution in [0.3, 0.4) is 0 Å². The van der Waals surface area contributed by atoms with Gasteiger partial charge in [-0.3, -0.25) is 4.79 Å². The van der Waals surface area contributed by atoms with Gasteiger partial charge < -0.3 is 5.32 Å². The lowest BCUT2D eigenvalue weighted by Gasteiger charge is -2.05. The molecule has 0 aliphatic carbocycles. The van der Waals surface area contributed by atoms with Gasteiger partial charge in [-0.2, -0.15) is 0 Å². The minimum atomic E-state index is -3.56. The fraction of sp³-hybridized carbons (Fsp3) is 0.200. The maximum atomic E-state index is 13.7. The van der Waals surface area contributed by atoms with E-state index in [1.807, 2.05) is 6.92 Å². The summed E-state index contributed by atoms with van der Waals surface area (Å²) in [6, 6.07) is 9.79. The van der Waals surface area contributed by atoms with Crippen LogP contribution in [0.25, 0.3) is 0 Å². The minimum Gasteiger partial charge on any atom is -0.302 e. The van der Waals surface area contributed by atoms with Gasteiger partial charge in [-0.1, -0.05) is 23.8 Å². The number of hydrogen-bond donors (Lipinski definition) is 1. The zero-order valence-corrected chi connectivity index (χ0v) is 17.1. The number of rotatable bonds is 7. The van der Waals surface area contributed by atoms with Gasteiger partial charge >= 0.3 is 0 Å². The number of nitrogens with zero attached hydrogens (tertiary/aromatic N) is 1. The Morgan fingerprint density at radius 3 is 2.55 bits per heavy atom. The Hall–Kier alpha value is -2.65. The smallest absolute Gasteiger partial charge is 0.227 e. The van der Waals surface area contributed by atoms with Crippen molar-refractivity contribution in [3.63, 3.8) is 0 Å². The van der Waals surface area contributed by atoms with Gasteiger partial charge in [0, 0.05) is 30.0 Å². The van der Waals surface area contributed by atoms with Gasteiger partial charge in [0.2, 0.25) is 5.91 Å². The molecule has 0 aliphatic rings. The molecule has 3 rings (SSSR count). The van der Waals surface area contributed by atoms with Gasteiger partial charge in [0.05, 0.1) is 10.6 Å². The first kappa shape index (κ1) is 21.1. The average molecular weight is 437 g/mol. The number of thiazole rings is 1. The molecule has 1 N–H and O–H groups in total. The lowest BCUT2D eigenvalue weighted by atomic mass is 10.1. The topological polar surface area (TPSA) is 76.1 Å². The number of halogens is 2. The fourth-order valence-electron chi connectivity index (χ4n) is 2.57. The van der Waals surface area contributed by atoms with Crippen LogP contribution in [0.5, 0.6) is 0 Å². The highest BCUT2D eigenvalue weighted by molar-refractivity contribution is 7.91. The van der Waals surface area contributed by atoms with Crippen molar-refractivity contribution in [2.45, 2.75) is 24.7 Å². The standard InChI is InChI=1S/C20H18F2N2O3S2/c1-13-2-6-17(7-3-13)29(26,27)9-8-19(25)24-20-23-12-16(28-20)10-14-4-5-15(21)11-18(14)22/h2-7,11-12H,8-10H2,1H3,(H,23,24,25). The number of nitrogens with one attached hydrogen (secondary N) is 1. The molecule has 2 aromatic carbocycles. The summed E-state index contributed by atoms with van der Waals surface area (Å²) in [5.74, 6) is -2.09. The van der Waals surface area contributed by atoms with Gasteiger partial charge in [0.15, 0.2) is 15.0 Å². The van der Waals surface area contributed by atoms with E-state index >= 15 is 0 Å². The highest BCUT2D eigenvalue weighted by Gasteiger charge is 2.17. The molecule has 0 radical (unpaired) electrons. The van der Waals surface area contributed by atoms with Crippen LogP contribution in [0.15, 0.2) is 53.6 Å². The largest absolute Gasteiger partial charge is 0.302 e. The van der Waals surface area contributed by atoms with Crippen LogP contribution in [-0.2, 0) is 21.1 Å². The summed E-state index contributed by atoms with van der Waals surface area (Å²) in [6.07, 6.45) is 1.49. The fourth-order valence-corrected chi connectivity index (χ4v) is 4.66. The maximum absolute atomic E-state index is 13.7. The molecule has 0 unspecified atom stereocenters. The van der Waals surface area contributed by atoms with Crippen molar-refractivity contribution >= 4 is 32.2 Å². The Morgan fingerprint density at radius 2 is 1.86 bits per heavy atom. The molecular weight excluding hydrogens is 418 g/mol. The number of amides is 1. The molecule has 0 aliphatic heterocycles. The van der Waals surface area contributed by atoms with Crippen LogP contribution < -0.4 is 5.32 Å². The van der Waals surface area contributed by atoms with Gasteiger partial charge in [-0.05, 0) is 30.7 Å². The third kappa shape index (κ3) is 5.68. The van der Waals surface area contributed by atoms with Crippen molar-refractivity contribution in [2.24, 2.45) is 0 Å². The molecule has 1 aromatic heterocycles. The molecule has 29 heavy (non-hydrogen) atoms.